The van der Waals surface area contributed by atoms with Crippen LogP contribution in [0.2, 0.25) is 0 Å². The van der Waals surface area contributed by atoms with Crippen LogP contribution < -0.4 is 5.32 Å². The van der Waals surface area contributed by atoms with Crippen LogP contribution in [-0.4, -0.2) is 10.9 Å². The Kier molecular flexibility index (Phi) is 3.27. The van der Waals surface area contributed by atoms with Crippen LogP contribution in [-0.2, 0) is 17.8 Å². The standard InChI is InChI=1S/C16H16N2O/c19-16(18-11-12-4-3-9-17-10-12)15-8-7-13-5-1-2-6-14(13)15/h1-6,9-10,15H,7-8,11H2,(H,18,19). The molecule has 0 saturated carbocycles. The van der Waals surface area contributed by atoms with Crippen LogP contribution in [0.5, 0.6) is 0 Å². The molecule has 1 atom stereocenters. The molecule has 2 aromatic rings. The molecule has 0 aliphatic heterocycles. The van der Waals surface area contributed by atoms with Gasteiger partial charge in [-0.05, 0) is 35.6 Å². The number of amides is 1. The summed E-state index contributed by atoms with van der Waals surface area (Å²) in [5, 5.41) is 3.00. The third kappa shape index (κ3) is 2.50. The average molecular weight is 252 g/mol. The van der Waals surface area contributed by atoms with Gasteiger partial charge in [-0.3, -0.25) is 9.78 Å². The summed E-state index contributed by atoms with van der Waals surface area (Å²) < 4.78 is 0. The van der Waals surface area contributed by atoms with E-state index < -0.39 is 0 Å². The molecule has 96 valence electrons. The zero-order valence-corrected chi connectivity index (χ0v) is 10.7. The Morgan fingerprint density at radius 3 is 3.00 bits per heavy atom. The third-order valence-corrected chi connectivity index (χ3v) is 3.64. The van der Waals surface area contributed by atoms with Gasteiger partial charge in [0.1, 0.15) is 0 Å². The molecule has 0 fully saturated rings. The summed E-state index contributed by atoms with van der Waals surface area (Å²) in [6.45, 7) is 0.547. The van der Waals surface area contributed by atoms with Crippen LogP contribution in [0.25, 0.3) is 0 Å². The van der Waals surface area contributed by atoms with E-state index in [0.29, 0.717) is 6.54 Å². The number of pyridine rings is 1. The maximum Gasteiger partial charge on any atom is 0.227 e. The summed E-state index contributed by atoms with van der Waals surface area (Å²) in [5.74, 6) is 0.127. The summed E-state index contributed by atoms with van der Waals surface area (Å²) in [6.07, 6.45) is 5.43. The van der Waals surface area contributed by atoms with Crippen molar-refractivity contribution in [2.24, 2.45) is 0 Å². The van der Waals surface area contributed by atoms with E-state index in [-0.39, 0.29) is 11.8 Å². The summed E-state index contributed by atoms with van der Waals surface area (Å²) >= 11 is 0. The first-order valence-electron chi connectivity index (χ1n) is 6.59. The Hall–Kier alpha value is -2.16. The van der Waals surface area contributed by atoms with Crippen LogP contribution in [0, 0.1) is 0 Å². The predicted octanol–water partition coefficient (Wildman–Crippen LogP) is 2.43. The van der Waals surface area contributed by atoms with Crippen LogP contribution in [0.15, 0.2) is 48.8 Å². The van der Waals surface area contributed by atoms with Crippen molar-refractivity contribution in [2.45, 2.75) is 25.3 Å². The first-order chi connectivity index (χ1) is 9.34. The quantitative estimate of drug-likeness (QED) is 0.911. The number of fused-ring (bicyclic) bond motifs is 1. The number of benzene rings is 1. The van der Waals surface area contributed by atoms with Gasteiger partial charge in [-0.25, -0.2) is 0 Å². The smallest absolute Gasteiger partial charge is 0.227 e. The molecule has 1 unspecified atom stereocenters. The molecule has 0 bridgehead atoms. The van der Waals surface area contributed by atoms with Crippen LogP contribution in [0.3, 0.4) is 0 Å². The molecule has 1 heterocycles. The summed E-state index contributed by atoms with van der Waals surface area (Å²) in [4.78, 5) is 16.3. The number of rotatable bonds is 3. The van der Waals surface area contributed by atoms with Gasteiger partial charge in [-0.2, -0.15) is 0 Å². The van der Waals surface area contributed by atoms with Crippen LogP contribution in [0.1, 0.15) is 29.0 Å². The first kappa shape index (κ1) is 11.9. The number of nitrogens with zero attached hydrogens (tertiary/aromatic N) is 1. The highest BCUT2D eigenvalue weighted by Crippen LogP contribution is 2.32. The van der Waals surface area contributed by atoms with E-state index in [9.17, 15) is 4.79 Å². The van der Waals surface area contributed by atoms with Crippen molar-refractivity contribution in [3.8, 4) is 0 Å². The van der Waals surface area contributed by atoms with Crippen molar-refractivity contribution in [2.75, 3.05) is 0 Å². The molecule has 3 heteroatoms. The lowest BCUT2D eigenvalue weighted by Crippen LogP contribution is -2.27. The van der Waals surface area contributed by atoms with Gasteiger partial charge in [0, 0.05) is 18.9 Å². The Bertz CT molecular complexity index is 580. The molecule has 0 radical (unpaired) electrons. The Balaban J connectivity index is 1.66. The summed E-state index contributed by atoms with van der Waals surface area (Å²) in [7, 11) is 0. The lowest BCUT2D eigenvalue weighted by Gasteiger charge is -2.12. The van der Waals surface area contributed by atoms with E-state index in [1.165, 1.54) is 11.1 Å². The zero-order valence-electron chi connectivity index (χ0n) is 10.7. The molecule has 1 amide bonds. The van der Waals surface area contributed by atoms with E-state index in [1.807, 2.05) is 24.3 Å². The van der Waals surface area contributed by atoms with Crippen LogP contribution >= 0.6 is 0 Å². The minimum absolute atomic E-state index is 0.00729. The number of hydrogen-bond acceptors (Lipinski definition) is 2. The van der Waals surface area contributed by atoms with E-state index in [2.05, 4.69) is 22.4 Å². The fourth-order valence-corrected chi connectivity index (χ4v) is 2.64. The van der Waals surface area contributed by atoms with Gasteiger partial charge in [-0.15, -0.1) is 0 Å². The average Bonchev–Trinajstić information content (AvgIpc) is 2.90. The molecule has 1 aromatic heterocycles. The zero-order chi connectivity index (χ0) is 13.1. The molecule has 1 aromatic carbocycles. The normalized spacial score (nSPS) is 16.9. The molecular weight excluding hydrogens is 236 g/mol. The SMILES string of the molecule is O=C(NCc1cccnc1)C1CCc2ccccc21. The lowest BCUT2D eigenvalue weighted by atomic mass is 10.0. The van der Waals surface area contributed by atoms with Crippen molar-refractivity contribution in [3.63, 3.8) is 0 Å². The molecule has 1 aliphatic carbocycles. The maximum absolute atomic E-state index is 12.2. The van der Waals surface area contributed by atoms with E-state index in [4.69, 9.17) is 0 Å². The summed E-state index contributed by atoms with van der Waals surface area (Å²) in [5.41, 5.74) is 3.53. The van der Waals surface area contributed by atoms with Crippen molar-refractivity contribution >= 4 is 5.91 Å². The van der Waals surface area contributed by atoms with Crippen molar-refractivity contribution in [1.82, 2.24) is 10.3 Å². The molecular formula is C16H16N2O. The van der Waals surface area contributed by atoms with E-state index in [1.54, 1.807) is 12.4 Å². The molecule has 0 saturated heterocycles. The first-order valence-corrected chi connectivity index (χ1v) is 6.59. The van der Waals surface area contributed by atoms with E-state index >= 15 is 0 Å². The van der Waals surface area contributed by atoms with Gasteiger partial charge in [0.25, 0.3) is 0 Å². The third-order valence-electron chi connectivity index (χ3n) is 3.64. The second-order valence-electron chi connectivity index (χ2n) is 4.87. The van der Waals surface area contributed by atoms with Gasteiger partial charge < -0.3 is 5.32 Å². The number of carbonyl (C=O) groups is 1. The Labute approximate surface area is 112 Å². The largest absolute Gasteiger partial charge is 0.351 e. The van der Waals surface area contributed by atoms with Gasteiger partial charge in [0.2, 0.25) is 5.91 Å². The minimum atomic E-state index is 0.00729. The fraction of sp³-hybridized carbons (Fsp3) is 0.250. The highest BCUT2D eigenvalue weighted by atomic mass is 16.1. The van der Waals surface area contributed by atoms with Gasteiger partial charge >= 0.3 is 0 Å². The number of hydrogen-bond donors (Lipinski definition) is 1. The number of aromatic nitrogens is 1. The second kappa shape index (κ2) is 5.22. The monoisotopic (exact) mass is 252 g/mol. The molecule has 1 N–H and O–H groups in total. The van der Waals surface area contributed by atoms with Gasteiger partial charge in [0.15, 0.2) is 0 Å². The highest BCUT2D eigenvalue weighted by Gasteiger charge is 2.27. The predicted molar refractivity (Wildman–Crippen MR) is 73.6 cm³/mol. The second-order valence-corrected chi connectivity index (χ2v) is 4.87. The summed E-state index contributed by atoms with van der Waals surface area (Å²) in [6, 6.07) is 12.1. The molecule has 0 spiro atoms. The van der Waals surface area contributed by atoms with Gasteiger partial charge in [-0.1, -0.05) is 30.3 Å². The minimum Gasteiger partial charge on any atom is -0.351 e. The van der Waals surface area contributed by atoms with Gasteiger partial charge in [0.05, 0.1) is 5.92 Å². The van der Waals surface area contributed by atoms with Crippen molar-refractivity contribution in [3.05, 3.63) is 65.5 Å². The number of nitrogens with one attached hydrogen (secondary N) is 1. The Morgan fingerprint density at radius 2 is 2.16 bits per heavy atom. The maximum atomic E-state index is 12.2. The molecule has 1 aliphatic rings. The van der Waals surface area contributed by atoms with Crippen LogP contribution in [0.4, 0.5) is 0 Å². The van der Waals surface area contributed by atoms with Crippen molar-refractivity contribution in [1.29, 1.82) is 0 Å². The number of carbonyl (C=O) groups excluding carboxylic acids is 1. The van der Waals surface area contributed by atoms with E-state index in [0.717, 1.165) is 18.4 Å². The lowest BCUT2D eigenvalue weighted by molar-refractivity contribution is -0.122. The Morgan fingerprint density at radius 1 is 1.26 bits per heavy atom. The highest BCUT2D eigenvalue weighted by molar-refractivity contribution is 5.84. The molecule has 19 heavy (non-hydrogen) atoms. The fourth-order valence-electron chi connectivity index (χ4n) is 2.64. The molecule has 3 rings (SSSR count). The van der Waals surface area contributed by atoms with Crippen molar-refractivity contribution < 1.29 is 4.79 Å². The number of aryl methyl sites for hydroxylation is 1. The topological polar surface area (TPSA) is 42.0 Å². The molecule has 3 nitrogen and oxygen atoms in total.